The number of hydrogen-bond donors (Lipinski definition) is 1. The van der Waals surface area contributed by atoms with Crippen molar-refractivity contribution in [1.29, 1.82) is 0 Å². The highest BCUT2D eigenvalue weighted by Crippen LogP contribution is 2.43. The Morgan fingerprint density at radius 1 is 1.24 bits per heavy atom. The number of Topliss-reactive ketones (excluding diaryl/α,β-unsaturated/α-hetero) is 1. The number of hydrogen-bond acceptors (Lipinski definition) is 9. The van der Waals surface area contributed by atoms with Crippen LogP contribution < -0.4 is 15.0 Å². The molecule has 10 nitrogen and oxygen atoms in total. The Labute approximate surface area is 194 Å². The fourth-order valence-corrected chi connectivity index (χ4v) is 5.07. The molecule has 1 unspecified atom stereocenters. The standard InChI is InChI=1S/C22H32N4O6S/c1-13-10-31-11-15-12-32-17-18(22(2,3)33(4,29)30)24-19(25-20(17)26(13)15)16(27)7-5-6-14-8-9-23-21(14)28/h13-15H,5-12H2,1-4H3,(H,23,28)/t13-,14?,15+/m1/s1. The van der Waals surface area contributed by atoms with Crippen LogP contribution in [0, 0.1) is 5.92 Å². The van der Waals surface area contributed by atoms with Crippen LogP contribution in [0.4, 0.5) is 5.82 Å². The van der Waals surface area contributed by atoms with Crippen LogP contribution in [0.15, 0.2) is 0 Å². The number of nitrogens with one attached hydrogen (secondary N) is 1. The first-order chi connectivity index (χ1) is 15.5. The van der Waals surface area contributed by atoms with Gasteiger partial charge in [0.25, 0.3) is 0 Å². The number of ketones is 1. The predicted molar refractivity (Wildman–Crippen MR) is 121 cm³/mol. The number of amides is 1. The van der Waals surface area contributed by atoms with Gasteiger partial charge in [0.15, 0.2) is 33.0 Å². The second kappa shape index (κ2) is 8.83. The Morgan fingerprint density at radius 3 is 2.67 bits per heavy atom. The van der Waals surface area contributed by atoms with Crippen molar-refractivity contribution in [2.24, 2.45) is 5.92 Å². The summed E-state index contributed by atoms with van der Waals surface area (Å²) < 4.78 is 35.5. The smallest absolute Gasteiger partial charge is 0.223 e. The molecule has 0 saturated carbocycles. The molecule has 0 aliphatic carbocycles. The van der Waals surface area contributed by atoms with Crippen LogP contribution in [-0.4, -0.2) is 74.8 Å². The molecule has 182 valence electrons. The Bertz CT molecular complexity index is 1060. The van der Waals surface area contributed by atoms with Crippen molar-refractivity contribution >= 4 is 27.3 Å². The molecule has 3 aliphatic rings. The van der Waals surface area contributed by atoms with Gasteiger partial charge in [0, 0.05) is 25.1 Å². The normalized spacial score (nSPS) is 25.2. The number of rotatable bonds is 7. The SMILES string of the molecule is C[C@@H]1COC[C@H]2COc3c(nc(C(=O)CCCC4CCNC4=O)nc3C(C)(C)S(C)(=O)=O)N21. The molecule has 2 saturated heterocycles. The lowest BCUT2D eigenvalue weighted by Gasteiger charge is -2.45. The highest BCUT2D eigenvalue weighted by Gasteiger charge is 2.44. The van der Waals surface area contributed by atoms with Gasteiger partial charge in [-0.2, -0.15) is 0 Å². The number of fused-ring (bicyclic) bond motifs is 3. The summed E-state index contributed by atoms with van der Waals surface area (Å²) >= 11 is 0. The summed E-state index contributed by atoms with van der Waals surface area (Å²) in [6.07, 6.45) is 3.27. The molecule has 4 rings (SSSR count). The fraction of sp³-hybridized carbons (Fsp3) is 0.727. The molecular formula is C22H32N4O6S. The van der Waals surface area contributed by atoms with E-state index in [0.717, 1.165) is 12.7 Å². The van der Waals surface area contributed by atoms with E-state index in [1.165, 1.54) is 0 Å². The molecule has 33 heavy (non-hydrogen) atoms. The topological polar surface area (TPSA) is 128 Å². The van der Waals surface area contributed by atoms with Gasteiger partial charge in [0.2, 0.25) is 5.91 Å². The van der Waals surface area contributed by atoms with Crippen LogP contribution in [0.2, 0.25) is 0 Å². The van der Waals surface area contributed by atoms with Crippen LogP contribution in [0.25, 0.3) is 0 Å². The number of nitrogens with zero attached hydrogens (tertiary/aromatic N) is 3. The van der Waals surface area contributed by atoms with Crippen LogP contribution in [0.5, 0.6) is 5.75 Å². The van der Waals surface area contributed by atoms with E-state index in [9.17, 15) is 18.0 Å². The van der Waals surface area contributed by atoms with Gasteiger partial charge in [0.05, 0.1) is 25.3 Å². The fourth-order valence-electron chi connectivity index (χ4n) is 4.58. The van der Waals surface area contributed by atoms with E-state index < -0.39 is 14.6 Å². The van der Waals surface area contributed by atoms with E-state index in [-0.39, 0.29) is 47.6 Å². The summed E-state index contributed by atoms with van der Waals surface area (Å²) in [4.78, 5) is 36.0. The van der Waals surface area contributed by atoms with Crippen LogP contribution in [0.3, 0.4) is 0 Å². The quantitative estimate of drug-likeness (QED) is 0.573. The molecule has 0 bridgehead atoms. The molecule has 1 aromatic heterocycles. The minimum absolute atomic E-state index is 0.0145. The monoisotopic (exact) mass is 480 g/mol. The molecule has 0 aromatic carbocycles. The summed E-state index contributed by atoms with van der Waals surface area (Å²) in [6.45, 7) is 7.09. The van der Waals surface area contributed by atoms with Crippen LogP contribution in [0.1, 0.15) is 62.8 Å². The zero-order valence-electron chi connectivity index (χ0n) is 19.6. The van der Waals surface area contributed by atoms with Gasteiger partial charge in [-0.25, -0.2) is 18.4 Å². The maximum Gasteiger partial charge on any atom is 0.223 e. The van der Waals surface area contributed by atoms with E-state index >= 15 is 0 Å². The molecule has 3 atom stereocenters. The Kier molecular flexibility index (Phi) is 6.38. The van der Waals surface area contributed by atoms with Crippen molar-refractivity contribution in [3.05, 3.63) is 11.5 Å². The number of anilines is 1. The van der Waals surface area contributed by atoms with Crippen molar-refractivity contribution in [2.75, 3.05) is 37.5 Å². The molecule has 0 radical (unpaired) electrons. The third-order valence-corrected chi connectivity index (χ3v) is 8.96. The minimum atomic E-state index is -3.58. The number of ether oxygens (including phenoxy) is 2. The summed E-state index contributed by atoms with van der Waals surface area (Å²) in [7, 11) is -3.58. The lowest BCUT2D eigenvalue weighted by molar-refractivity contribution is -0.122. The van der Waals surface area contributed by atoms with Gasteiger partial charge >= 0.3 is 0 Å². The van der Waals surface area contributed by atoms with Crippen molar-refractivity contribution in [1.82, 2.24) is 15.3 Å². The lowest BCUT2D eigenvalue weighted by atomic mass is 9.99. The van der Waals surface area contributed by atoms with Gasteiger partial charge in [-0.15, -0.1) is 0 Å². The largest absolute Gasteiger partial charge is 0.486 e. The van der Waals surface area contributed by atoms with Gasteiger partial charge in [-0.3, -0.25) is 9.59 Å². The van der Waals surface area contributed by atoms with Crippen LogP contribution >= 0.6 is 0 Å². The van der Waals surface area contributed by atoms with Crippen molar-refractivity contribution in [3.63, 3.8) is 0 Å². The number of morpholine rings is 1. The number of sulfone groups is 1. The summed E-state index contributed by atoms with van der Waals surface area (Å²) in [5.41, 5.74) is 0.200. The maximum atomic E-state index is 13.1. The number of aromatic nitrogens is 2. The summed E-state index contributed by atoms with van der Waals surface area (Å²) in [6, 6.07) is -0.0893. The average Bonchev–Trinajstić information content (AvgIpc) is 3.16. The van der Waals surface area contributed by atoms with Crippen molar-refractivity contribution in [3.8, 4) is 5.75 Å². The molecule has 11 heteroatoms. The van der Waals surface area contributed by atoms with Crippen LogP contribution in [-0.2, 0) is 24.1 Å². The third kappa shape index (κ3) is 4.44. The van der Waals surface area contributed by atoms with Crippen molar-refractivity contribution < 1.29 is 27.5 Å². The zero-order valence-corrected chi connectivity index (χ0v) is 20.4. The van der Waals surface area contributed by atoms with E-state index in [1.807, 2.05) is 6.92 Å². The van der Waals surface area contributed by atoms with E-state index in [0.29, 0.717) is 50.8 Å². The average molecular weight is 481 g/mol. The highest BCUT2D eigenvalue weighted by atomic mass is 32.2. The summed E-state index contributed by atoms with van der Waals surface area (Å²) in [5.74, 6) is 0.445. The van der Waals surface area contributed by atoms with Gasteiger partial charge in [-0.05, 0) is 40.0 Å². The van der Waals surface area contributed by atoms with Gasteiger partial charge < -0.3 is 19.7 Å². The van der Waals surface area contributed by atoms with Crippen molar-refractivity contribution in [2.45, 2.75) is 63.3 Å². The lowest BCUT2D eigenvalue weighted by Crippen LogP contribution is -2.56. The highest BCUT2D eigenvalue weighted by molar-refractivity contribution is 7.91. The second-order valence-corrected chi connectivity index (χ2v) is 12.2. The predicted octanol–water partition coefficient (Wildman–Crippen LogP) is 1.23. The molecule has 1 aromatic rings. The number of carbonyl (C=O) groups is 2. The number of carbonyl (C=O) groups excluding carboxylic acids is 2. The minimum Gasteiger partial charge on any atom is -0.486 e. The first-order valence-electron chi connectivity index (χ1n) is 11.4. The first kappa shape index (κ1) is 23.9. The van der Waals surface area contributed by atoms with E-state index in [1.54, 1.807) is 13.8 Å². The zero-order chi connectivity index (χ0) is 24.0. The van der Waals surface area contributed by atoms with Gasteiger partial charge in [-0.1, -0.05) is 0 Å². The maximum absolute atomic E-state index is 13.1. The molecule has 2 fully saturated rings. The molecule has 0 spiro atoms. The van der Waals surface area contributed by atoms with E-state index in [2.05, 4.69) is 20.2 Å². The summed E-state index contributed by atoms with van der Waals surface area (Å²) in [5, 5.41) is 2.81. The first-order valence-corrected chi connectivity index (χ1v) is 13.3. The Hall–Kier alpha value is -2.27. The third-order valence-electron chi connectivity index (χ3n) is 6.92. The second-order valence-electron chi connectivity index (χ2n) is 9.68. The molecule has 3 aliphatic heterocycles. The Morgan fingerprint density at radius 2 is 2.00 bits per heavy atom. The molecular weight excluding hydrogens is 448 g/mol. The Balaban J connectivity index is 1.69. The molecule has 1 N–H and O–H groups in total. The van der Waals surface area contributed by atoms with Gasteiger partial charge in [0.1, 0.15) is 17.0 Å². The molecule has 1 amide bonds. The van der Waals surface area contributed by atoms with E-state index in [4.69, 9.17) is 9.47 Å². The molecule has 4 heterocycles.